The first-order chi connectivity index (χ1) is 10.4. The molecule has 1 fully saturated rings. The zero-order valence-corrected chi connectivity index (χ0v) is 14.2. The summed E-state index contributed by atoms with van der Waals surface area (Å²) in [5, 5.41) is 30.2. The Morgan fingerprint density at radius 3 is 2.52 bits per heavy atom. The quantitative estimate of drug-likeness (QED) is 0.139. The van der Waals surface area contributed by atoms with Gasteiger partial charge in [0.25, 0.3) is 5.52 Å². The molecule has 0 radical (unpaired) electrons. The number of nitrogens with zero attached hydrogens (tertiary/aromatic N) is 3. The number of hydrogen-bond donors (Lipinski definition) is 2. The standard InChI is InChI=1S/C10H5N5O6S.Na.H/c16-8-5(9(17)12-10(22)11-8)3-1-2-4(14(18)19)7-6(3)13-21-15(7)20;;/h1-2,5H,(H2,11,12,16,17,22);;/q;+1;-1. The molecule has 114 valence electrons. The second kappa shape index (κ2) is 6.16. The molecule has 1 aliphatic heterocycles. The minimum atomic E-state index is -1.36. The van der Waals surface area contributed by atoms with Crippen LogP contribution in [0.2, 0.25) is 0 Å². The molecule has 1 saturated heterocycles. The number of nitrogens with one attached hydrogen (secondary N) is 2. The Balaban J connectivity index is 0.00000144. The van der Waals surface area contributed by atoms with Crippen molar-refractivity contribution >= 4 is 45.9 Å². The topological polar surface area (TPSA) is 154 Å². The predicted octanol–water partition coefficient (Wildman–Crippen LogP) is -3.90. The van der Waals surface area contributed by atoms with Crippen molar-refractivity contribution in [3.05, 3.63) is 33.0 Å². The Morgan fingerprint density at radius 2 is 1.96 bits per heavy atom. The second-order valence-electron chi connectivity index (χ2n) is 4.30. The van der Waals surface area contributed by atoms with Crippen LogP contribution in [0.5, 0.6) is 0 Å². The van der Waals surface area contributed by atoms with E-state index in [4.69, 9.17) is 0 Å². The van der Waals surface area contributed by atoms with E-state index < -0.39 is 33.9 Å². The molecule has 3 rings (SSSR count). The van der Waals surface area contributed by atoms with Gasteiger partial charge in [-0.15, -0.1) is 0 Å². The summed E-state index contributed by atoms with van der Waals surface area (Å²) in [7, 11) is 0. The van der Waals surface area contributed by atoms with Gasteiger partial charge in [0.2, 0.25) is 11.8 Å². The normalized spacial score (nSPS) is 15.0. The smallest absolute Gasteiger partial charge is 1.00 e. The van der Waals surface area contributed by atoms with E-state index in [-0.39, 0.29) is 52.1 Å². The van der Waals surface area contributed by atoms with Gasteiger partial charge in [-0.25, -0.2) is 0 Å². The van der Waals surface area contributed by atoms with E-state index in [1.165, 1.54) is 6.07 Å². The van der Waals surface area contributed by atoms with Crippen molar-refractivity contribution in [2.24, 2.45) is 0 Å². The summed E-state index contributed by atoms with van der Waals surface area (Å²) < 4.78 is 4.35. The maximum absolute atomic E-state index is 11.9. The van der Waals surface area contributed by atoms with Crippen LogP contribution < -0.4 is 45.1 Å². The molecular weight excluding hydrogens is 341 g/mol. The summed E-state index contributed by atoms with van der Waals surface area (Å²) in [6, 6.07) is 2.16. The Kier molecular flexibility index (Phi) is 4.61. The van der Waals surface area contributed by atoms with E-state index in [0.29, 0.717) is 0 Å². The maximum atomic E-state index is 11.9. The van der Waals surface area contributed by atoms with E-state index in [2.05, 4.69) is 32.6 Å². The number of non-ortho nitro benzene ring substituents is 1. The van der Waals surface area contributed by atoms with Crippen molar-refractivity contribution in [3.63, 3.8) is 0 Å². The van der Waals surface area contributed by atoms with E-state index in [1.807, 2.05) is 0 Å². The van der Waals surface area contributed by atoms with Gasteiger partial charge in [-0.2, -0.15) is 0 Å². The molecule has 0 aliphatic carbocycles. The minimum Gasteiger partial charge on any atom is -1.00 e. The summed E-state index contributed by atoms with van der Waals surface area (Å²) in [6.45, 7) is 0. The van der Waals surface area contributed by atoms with Gasteiger partial charge in [-0.3, -0.25) is 24.3 Å². The summed E-state index contributed by atoms with van der Waals surface area (Å²) in [6.07, 6.45) is 0. The number of thiocarbonyl (C=S) groups is 1. The Bertz CT molecular complexity index is 853. The minimum absolute atomic E-state index is 0. The molecular formula is C10H6N5NaO6S. The molecule has 0 unspecified atom stereocenters. The number of amides is 2. The molecule has 2 amide bonds. The van der Waals surface area contributed by atoms with Crippen LogP contribution in [-0.4, -0.2) is 27.0 Å². The van der Waals surface area contributed by atoms with Gasteiger partial charge in [0.05, 0.1) is 4.92 Å². The molecule has 2 heterocycles. The molecule has 0 spiro atoms. The van der Waals surface area contributed by atoms with Crippen molar-refractivity contribution in [1.82, 2.24) is 15.8 Å². The average Bonchev–Trinajstić information content (AvgIpc) is 2.80. The third-order valence-electron chi connectivity index (χ3n) is 3.06. The summed E-state index contributed by atoms with van der Waals surface area (Å²) in [5.41, 5.74) is -1.28. The number of carbonyl (C=O) groups excluding carboxylic acids is 2. The Hall–Kier alpha value is -2.15. The molecule has 1 aromatic carbocycles. The molecule has 0 atom stereocenters. The molecule has 13 heteroatoms. The van der Waals surface area contributed by atoms with Crippen LogP contribution in [0.3, 0.4) is 0 Å². The molecule has 1 aliphatic rings. The number of aromatic nitrogens is 2. The van der Waals surface area contributed by atoms with Crippen LogP contribution in [0, 0.1) is 15.3 Å². The van der Waals surface area contributed by atoms with Gasteiger partial charge < -0.3 is 17.3 Å². The fraction of sp³-hybridized carbons (Fsp3) is 0.100. The van der Waals surface area contributed by atoms with Gasteiger partial charge in [0, 0.05) is 16.8 Å². The van der Waals surface area contributed by atoms with Crippen LogP contribution in [0.15, 0.2) is 16.8 Å². The third-order valence-corrected chi connectivity index (χ3v) is 3.26. The third kappa shape index (κ3) is 2.76. The van der Waals surface area contributed by atoms with Crippen molar-refractivity contribution in [3.8, 4) is 0 Å². The van der Waals surface area contributed by atoms with E-state index in [9.17, 15) is 24.9 Å². The molecule has 11 nitrogen and oxygen atoms in total. The van der Waals surface area contributed by atoms with Crippen molar-refractivity contribution < 1.29 is 55.0 Å². The summed E-state index contributed by atoms with van der Waals surface area (Å²) in [4.78, 5) is 33.9. The molecule has 2 N–H and O–H groups in total. The van der Waals surface area contributed by atoms with Gasteiger partial charge in [0.1, 0.15) is 5.92 Å². The first kappa shape index (κ1) is 17.2. The molecule has 2 aromatic rings. The fourth-order valence-corrected chi connectivity index (χ4v) is 2.36. The van der Waals surface area contributed by atoms with Crippen LogP contribution in [-0.2, 0) is 9.59 Å². The number of nitro benzene ring substituents is 1. The number of hydrogen-bond acceptors (Lipinski definition) is 8. The molecule has 0 bridgehead atoms. The Morgan fingerprint density at radius 1 is 1.35 bits per heavy atom. The number of carbonyl (C=O) groups is 2. The average molecular weight is 347 g/mol. The van der Waals surface area contributed by atoms with Crippen LogP contribution in [0.4, 0.5) is 5.69 Å². The van der Waals surface area contributed by atoms with Crippen LogP contribution in [0.1, 0.15) is 12.9 Å². The number of benzene rings is 1. The fourth-order valence-electron chi connectivity index (χ4n) is 2.16. The van der Waals surface area contributed by atoms with Gasteiger partial charge in [0.15, 0.2) is 5.11 Å². The van der Waals surface area contributed by atoms with Crippen LogP contribution >= 0.6 is 12.2 Å². The maximum Gasteiger partial charge on any atom is 1.00 e. The van der Waals surface area contributed by atoms with E-state index in [1.54, 1.807) is 0 Å². The SMILES string of the molecule is O=C1NC(=S)NC(=O)C1c1ccc([N+](=O)[O-])c2c1no[n+]2[O-].[H-].[Na+]. The molecule has 1 aromatic heterocycles. The monoisotopic (exact) mass is 347 g/mol. The van der Waals surface area contributed by atoms with E-state index >= 15 is 0 Å². The van der Waals surface area contributed by atoms with Gasteiger partial charge in [-0.05, 0) is 23.2 Å². The number of fused-ring (bicyclic) bond motifs is 1. The van der Waals surface area contributed by atoms with Gasteiger partial charge in [-0.1, -0.05) is 0 Å². The molecule has 0 saturated carbocycles. The Labute approximate surface area is 155 Å². The summed E-state index contributed by atoms with van der Waals surface area (Å²) in [5.74, 6) is -2.83. The first-order valence-electron chi connectivity index (χ1n) is 5.72. The van der Waals surface area contributed by atoms with Crippen molar-refractivity contribution in [2.75, 3.05) is 0 Å². The van der Waals surface area contributed by atoms with Crippen molar-refractivity contribution in [2.45, 2.75) is 5.92 Å². The van der Waals surface area contributed by atoms with Crippen molar-refractivity contribution in [1.29, 1.82) is 0 Å². The zero-order chi connectivity index (χ0) is 16.0. The number of rotatable bonds is 2. The molecule has 23 heavy (non-hydrogen) atoms. The first-order valence-corrected chi connectivity index (χ1v) is 6.13. The van der Waals surface area contributed by atoms with Gasteiger partial charge >= 0.3 is 40.8 Å². The van der Waals surface area contributed by atoms with Crippen LogP contribution in [0.25, 0.3) is 11.0 Å². The van der Waals surface area contributed by atoms with E-state index in [0.717, 1.165) is 6.07 Å². The zero-order valence-electron chi connectivity index (χ0n) is 12.4. The number of nitro groups is 1. The summed E-state index contributed by atoms with van der Waals surface area (Å²) >= 11 is 4.68. The largest absolute Gasteiger partial charge is 1.00 e. The predicted molar refractivity (Wildman–Crippen MR) is 72.4 cm³/mol. The second-order valence-corrected chi connectivity index (χ2v) is 4.71.